The molecule has 2 heterocycles. The second kappa shape index (κ2) is 9.94. The maximum absolute atomic E-state index is 13.8. The molecule has 0 saturated heterocycles. The first-order valence-corrected chi connectivity index (χ1v) is 10.7. The number of imidazole rings is 1. The molecule has 0 unspecified atom stereocenters. The summed E-state index contributed by atoms with van der Waals surface area (Å²) in [5.41, 5.74) is 6.68. The van der Waals surface area contributed by atoms with Gasteiger partial charge in [-0.1, -0.05) is 6.07 Å². The van der Waals surface area contributed by atoms with Crippen molar-refractivity contribution < 1.29 is 22.7 Å². The number of hydrogen-bond acceptors (Lipinski definition) is 6. The molecule has 0 saturated carbocycles. The number of aromatic nitrogens is 4. The van der Waals surface area contributed by atoms with Crippen LogP contribution in [0.25, 0.3) is 0 Å². The van der Waals surface area contributed by atoms with Gasteiger partial charge < -0.3 is 25.7 Å². The number of rotatable bonds is 6. The van der Waals surface area contributed by atoms with E-state index in [1.165, 1.54) is 30.7 Å². The largest absolute Gasteiger partial charge is 0.439 e. The van der Waals surface area contributed by atoms with Crippen LogP contribution in [-0.2, 0) is 12.7 Å². The van der Waals surface area contributed by atoms with E-state index in [9.17, 15) is 18.0 Å². The molecule has 4 aromatic rings. The number of nitrogens with two attached hydrogens (primary N) is 1. The molecule has 2 aromatic heterocycles. The number of halogens is 3. The number of hydrogen-bond donors (Lipinski definition) is 3. The second-order valence-corrected chi connectivity index (χ2v) is 7.87. The van der Waals surface area contributed by atoms with Crippen molar-refractivity contribution >= 4 is 23.4 Å². The summed E-state index contributed by atoms with van der Waals surface area (Å²) in [6.45, 7) is 3.58. The van der Waals surface area contributed by atoms with E-state index in [4.69, 9.17) is 10.5 Å². The molecule has 12 heteroatoms. The molecule has 2 aromatic carbocycles. The first-order chi connectivity index (χ1) is 17.1. The van der Waals surface area contributed by atoms with Gasteiger partial charge in [0.1, 0.15) is 5.75 Å². The summed E-state index contributed by atoms with van der Waals surface area (Å²) in [5, 5.41) is 5.01. The quantitative estimate of drug-likeness (QED) is 0.329. The topological polar surface area (TPSA) is 120 Å². The number of ether oxygens (including phenoxy) is 1. The monoisotopic (exact) mass is 497 g/mol. The second-order valence-electron chi connectivity index (χ2n) is 7.87. The van der Waals surface area contributed by atoms with Crippen molar-refractivity contribution in [3.8, 4) is 11.6 Å². The Hall–Kier alpha value is -4.61. The maximum atomic E-state index is 13.8. The van der Waals surface area contributed by atoms with E-state index in [1.807, 2.05) is 0 Å². The van der Waals surface area contributed by atoms with Crippen LogP contribution in [0.4, 0.5) is 35.3 Å². The number of nitrogens with zero attached hydrogens (tertiary/aromatic N) is 4. The Morgan fingerprint density at radius 3 is 2.36 bits per heavy atom. The molecule has 2 amide bonds. The Labute approximate surface area is 204 Å². The number of benzene rings is 2. The molecular weight excluding hydrogens is 475 g/mol. The standard InChI is InChI=1S/C24H22F3N7O2/c1-14-15(2)34(13-30-14)12-16-3-4-18(11-20(16)24(25,26)27)32-23(35)31-17-5-7-19(8-6-17)36-21-9-10-29-22(28)33-21/h3-11,13H,12H2,1-2H3,(H2,28,29,33)(H2,31,32,35). The molecule has 0 bridgehead atoms. The van der Waals surface area contributed by atoms with Crippen molar-refractivity contribution in [2.75, 3.05) is 16.4 Å². The maximum Gasteiger partial charge on any atom is 0.416 e. The molecule has 4 rings (SSSR count). The van der Waals surface area contributed by atoms with Crippen molar-refractivity contribution in [2.24, 2.45) is 0 Å². The van der Waals surface area contributed by atoms with Crippen LogP contribution in [-0.4, -0.2) is 25.6 Å². The third kappa shape index (κ3) is 5.90. The summed E-state index contributed by atoms with van der Waals surface area (Å²) >= 11 is 0. The summed E-state index contributed by atoms with van der Waals surface area (Å²) in [6.07, 6.45) is -1.64. The van der Waals surface area contributed by atoms with Crippen LogP contribution in [0.5, 0.6) is 11.6 Å². The number of alkyl halides is 3. The fraction of sp³-hybridized carbons (Fsp3) is 0.167. The summed E-state index contributed by atoms with van der Waals surface area (Å²) < 4.78 is 48.5. The van der Waals surface area contributed by atoms with Crippen LogP contribution in [0.1, 0.15) is 22.5 Å². The zero-order valence-corrected chi connectivity index (χ0v) is 19.3. The Bertz CT molecular complexity index is 1390. The number of anilines is 3. The molecule has 0 spiro atoms. The third-order valence-electron chi connectivity index (χ3n) is 5.34. The van der Waals surface area contributed by atoms with Gasteiger partial charge in [0, 0.05) is 35.9 Å². The fourth-order valence-corrected chi connectivity index (χ4v) is 3.38. The molecule has 0 radical (unpaired) electrons. The first kappa shape index (κ1) is 24.5. The zero-order chi connectivity index (χ0) is 25.9. The van der Waals surface area contributed by atoms with Gasteiger partial charge in [-0.25, -0.2) is 14.8 Å². The van der Waals surface area contributed by atoms with Gasteiger partial charge in [-0.2, -0.15) is 18.2 Å². The number of nitrogens with one attached hydrogen (secondary N) is 2. The van der Waals surface area contributed by atoms with Crippen molar-refractivity contribution in [2.45, 2.75) is 26.6 Å². The summed E-state index contributed by atoms with van der Waals surface area (Å²) in [4.78, 5) is 24.2. The average molecular weight is 497 g/mol. The van der Waals surface area contributed by atoms with Gasteiger partial charge in [0.05, 0.1) is 17.6 Å². The molecule has 0 aliphatic heterocycles. The lowest BCUT2D eigenvalue weighted by Gasteiger charge is -2.16. The van der Waals surface area contributed by atoms with E-state index < -0.39 is 17.8 Å². The molecule has 0 aliphatic carbocycles. The van der Waals surface area contributed by atoms with E-state index >= 15 is 0 Å². The van der Waals surface area contributed by atoms with E-state index in [1.54, 1.807) is 42.7 Å². The highest BCUT2D eigenvalue weighted by Crippen LogP contribution is 2.34. The van der Waals surface area contributed by atoms with Crippen LogP contribution >= 0.6 is 0 Å². The minimum Gasteiger partial charge on any atom is -0.439 e. The predicted octanol–water partition coefficient (Wildman–Crippen LogP) is 5.38. The Kier molecular flexibility index (Phi) is 6.77. The Balaban J connectivity index is 1.43. The van der Waals surface area contributed by atoms with Gasteiger partial charge in [-0.15, -0.1) is 0 Å². The number of carbonyl (C=O) groups is 1. The highest BCUT2D eigenvalue weighted by molar-refractivity contribution is 5.99. The number of urea groups is 1. The van der Waals surface area contributed by atoms with Gasteiger partial charge in [-0.3, -0.25) is 0 Å². The van der Waals surface area contributed by atoms with E-state index in [0.29, 0.717) is 11.4 Å². The Morgan fingerprint density at radius 2 is 1.72 bits per heavy atom. The van der Waals surface area contributed by atoms with Crippen LogP contribution in [0, 0.1) is 13.8 Å². The Morgan fingerprint density at radius 1 is 1.03 bits per heavy atom. The van der Waals surface area contributed by atoms with Gasteiger partial charge in [0.2, 0.25) is 11.8 Å². The number of aryl methyl sites for hydroxylation is 1. The van der Waals surface area contributed by atoms with Gasteiger partial charge in [0.15, 0.2) is 0 Å². The van der Waals surface area contributed by atoms with Crippen LogP contribution in [0.2, 0.25) is 0 Å². The molecule has 36 heavy (non-hydrogen) atoms. The number of nitrogen functional groups attached to an aromatic ring is 1. The summed E-state index contributed by atoms with van der Waals surface area (Å²) in [6, 6.07) is 10.8. The van der Waals surface area contributed by atoms with Crippen molar-refractivity contribution in [3.63, 3.8) is 0 Å². The van der Waals surface area contributed by atoms with E-state index in [-0.39, 0.29) is 29.6 Å². The van der Waals surface area contributed by atoms with Crippen LogP contribution < -0.4 is 21.1 Å². The molecule has 0 fully saturated rings. The first-order valence-electron chi connectivity index (χ1n) is 10.7. The lowest BCUT2D eigenvalue weighted by atomic mass is 10.1. The SMILES string of the molecule is Cc1ncn(Cc2ccc(NC(=O)Nc3ccc(Oc4ccnc(N)n4)cc3)cc2C(F)(F)F)c1C. The highest BCUT2D eigenvalue weighted by Gasteiger charge is 2.34. The van der Waals surface area contributed by atoms with E-state index in [0.717, 1.165) is 17.5 Å². The zero-order valence-electron chi connectivity index (χ0n) is 19.3. The summed E-state index contributed by atoms with van der Waals surface area (Å²) in [5.74, 6) is 0.757. The van der Waals surface area contributed by atoms with Crippen molar-refractivity contribution in [3.05, 3.63) is 83.6 Å². The average Bonchev–Trinajstić information content (AvgIpc) is 3.13. The minimum atomic E-state index is -4.60. The van der Waals surface area contributed by atoms with Crippen molar-refractivity contribution in [1.82, 2.24) is 19.5 Å². The van der Waals surface area contributed by atoms with Gasteiger partial charge in [-0.05, 0) is 55.8 Å². The minimum absolute atomic E-state index is 0.00316. The normalized spacial score (nSPS) is 11.2. The molecular formula is C24H22F3N7O2. The number of amides is 2. The summed E-state index contributed by atoms with van der Waals surface area (Å²) in [7, 11) is 0. The lowest BCUT2D eigenvalue weighted by molar-refractivity contribution is -0.138. The molecule has 4 N–H and O–H groups in total. The van der Waals surface area contributed by atoms with Gasteiger partial charge >= 0.3 is 12.2 Å². The molecule has 0 aliphatic rings. The molecule has 9 nitrogen and oxygen atoms in total. The third-order valence-corrected chi connectivity index (χ3v) is 5.34. The predicted molar refractivity (Wildman–Crippen MR) is 128 cm³/mol. The highest BCUT2D eigenvalue weighted by atomic mass is 19.4. The lowest BCUT2D eigenvalue weighted by Crippen LogP contribution is -2.20. The van der Waals surface area contributed by atoms with Crippen molar-refractivity contribution in [1.29, 1.82) is 0 Å². The fourth-order valence-electron chi connectivity index (χ4n) is 3.38. The van der Waals surface area contributed by atoms with Crippen LogP contribution in [0.15, 0.2) is 61.1 Å². The van der Waals surface area contributed by atoms with E-state index in [2.05, 4.69) is 25.6 Å². The van der Waals surface area contributed by atoms with Crippen LogP contribution in [0.3, 0.4) is 0 Å². The number of carbonyl (C=O) groups excluding carboxylic acids is 1. The smallest absolute Gasteiger partial charge is 0.416 e. The molecule has 186 valence electrons. The molecule has 0 atom stereocenters. The van der Waals surface area contributed by atoms with Gasteiger partial charge in [0.25, 0.3) is 0 Å².